The number of amidine groups is 1. The first kappa shape index (κ1) is 14.9. The van der Waals surface area contributed by atoms with E-state index in [-0.39, 0.29) is 5.84 Å². The van der Waals surface area contributed by atoms with E-state index >= 15 is 0 Å². The number of hydrogen-bond donors (Lipinski definition) is 2. The summed E-state index contributed by atoms with van der Waals surface area (Å²) in [4.78, 5) is 2.07. The predicted octanol–water partition coefficient (Wildman–Crippen LogP) is 1.94. The van der Waals surface area contributed by atoms with E-state index in [0.29, 0.717) is 12.1 Å². The summed E-state index contributed by atoms with van der Waals surface area (Å²) >= 11 is 0. The van der Waals surface area contributed by atoms with Crippen molar-refractivity contribution in [3.8, 4) is 0 Å². The molecule has 112 valence electrons. The van der Waals surface area contributed by atoms with Gasteiger partial charge in [-0.2, -0.15) is 5.10 Å². The van der Waals surface area contributed by atoms with Gasteiger partial charge in [-0.15, -0.1) is 0 Å². The Labute approximate surface area is 124 Å². The first-order valence-electron chi connectivity index (χ1n) is 6.88. The van der Waals surface area contributed by atoms with Gasteiger partial charge in [0.25, 0.3) is 0 Å². The lowest BCUT2D eigenvalue weighted by Gasteiger charge is -2.22. The lowest BCUT2D eigenvalue weighted by Crippen LogP contribution is -2.23. The molecule has 6 nitrogen and oxygen atoms in total. The van der Waals surface area contributed by atoms with Gasteiger partial charge < -0.3 is 15.8 Å². The third-order valence-electron chi connectivity index (χ3n) is 3.38. The molecule has 0 atom stereocenters. The Hall–Kier alpha value is -2.50. The van der Waals surface area contributed by atoms with Crippen molar-refractivity contribution in [2.45, 2.75) is 26.9 Å². The van der Waals surface area contributed by atoms with Gasteiger partial charge >= 0.3 is 0 Å². The van der Waals surface area contributed by atoms with Crippen LogP contribution in [-0.2, 0) is 13.1 Å². The molecule has 1 aromatic heterocycles. The summed E-state index contributed by atoms with van der Waals surface area (Å²) in [6.07, 6.45) is 0. The molecule has 0 aliphatic carbocycles. The van der Waals surface area contributed by atoms with Gasteiger partial charge in [0.15, 0.2) is 5.84 Å². The fourth-order valence-electron chi connectivity index (χ4n) is 2.41. The minimum Gasteiger partial charge on any atom is -0.409 e. The Kier molecular flexibility index (Phi) is 4.47. The highest BCUT2D eigenvalue weighted by atomic mass is 16.4. The summed E-state index contributed by atoms with van der Waals surface area (Å²) in [6, 6.07) is 9.66. The van der Waals surface area contributed by atoms with E-state index in [9.17, 15) is 0 Å². The first-order valence-corrected chi connectivity index (χ1v) is 6.88. The van der Waals surface area contributed by atoms with Crippen molar-refractivity contribution in [1.82, 2.24) is 9.78 Å². The Morgan fingerprint density at radius 3 is 2.81 bits per heavy atom. The molecule has 2 aromatic rings. The molecule has 1 heterocycles. The Morgan fingerprint density at radius 1 is 1.43 bits per heavy atom. The summed E-state index contributed by atoms with van der Waals surface area (Å²) in [5, 5.41) is 16.4. The molecular formula is C15H21N5O. The predicted molar refractivity (Wildman–Crippen MR) is 83.7 cm³/mol. The third kappa shape index (κ3) is 3.16. The fourth-order valence-corrected chi connectivity index (χ4v) is 2.41. The van der Waals surface area contributed by atoms with Crippen molar-refractivity contribution in [2.75, 3.05) is 11.9 Å². The highest BCUT2D eigenvalue weighted by molar-refractivity contribution is 6.02. The van der Waals surface area contributed by atoms with Crippen molar-refractivity contribution < 1.29 is 5.21 Å². The number of benzene rings is 1. The molecule has 0 aliphatic heterocycles. The molecule has 3 N–H and O–H groups in total. The zero-order chi connectivity index (χ0) is 15.4. The molecule has 0 aliphatic rings. The minimum absolute atomic E-state index is 0.109. The maximum atomic E-state index is 8.90. The van der Waals surface area contributed by atoms with Gasteiger partial charge in [0.2, 0.25) is 0 Å². The lowest BCUT2D eigenvalue weighted by molar-refractivity contribution is 0.318. The molecular weight excluding hydrogens is 266 g/mol. The van der Waals surface area contributed by atoms with E-state index in [2.05, 4.69) is 28.1 Å². The zero-order valence-corrected chi connectivity index (χ0v) is 12.6. The van der Waals surface area contributed by atoms with Gasteiger partial charge in [-0.05, 0) is 32.0 Å². The van der Waals surface area contributed by atoms with E-state index in [1.807, 2.05) is 42.9 Å². The largest absolute Gasteiger partial charge is 0.409 e. The standard InChI is InChI=1S/C15H21N5O/c1-4-20-12(9-11(2)17-20)10-19(3)14-8-6-5-7-13(14)15(16)18-21/h5-9,21H,4,10H2,1-3H3,(H2,16,18). The van der Waals surface area contributed by atoms with Crippen molar-refractivity contribution in [2.24, 2.45) is 10.9 Å². The van der Waals surface area contributed by atoms with Gasteiger partial charge in [-0.1, -0.05) is 17.3 Å². The maximum Gasteiger partial charge on any atom is 0.172 e. The van der Waals surface area contributed by atoms with Crippen molar-refractivity contribution in [3.05, 3.63) is 47.3 Å². The molecule has 0 unspecified atom stereocenters. The molecule has 21 heavy (non-hydrogen) atoms. The molecule has 0 fully saturated rings. The highest BCUT2D eigenvalue weighted by Gasteiger charge is 2.13. The number of aromatic nitrogens is 2. The van der Waals surface area contributed by atoms with Crippen LogP contribution in [0.3, 0.4) is 0 Å². The van der Waals surface area contributed by atoms with E-state index in [0.717, 1.165) is 23.6 Å². The molecule has 2 rings (SSSR count). The van der Waals surface area contributed by atoms with Crippen LogP contribution in [0.1, 0.15) is 23.9 Å². The Bertz CT molecular complexity index is 647. The number of nitrogens with two attached hydrogens (primary N) is 1. The number of para-hydroxylation sites is 1. The second-order valence-electron chi connectivity index (χ2n) is 4.95. The normalized spacial score (nSPS) is 11.7. The number of anilines is 1. The topological polar surface area (TPSA) is 79.7 Å². The first-order chi connectivity index (χ1) is 10.1. The van der Waals surface area contributed by atoms with E-state index < -0.39 is 0 Å². The summed E-state index contributed by atoms with van der Waals surface area (Å²) < 4.78 is 1.98. The SMILES string of the molecule is CCn1nc(C)cc1CN(C)c1ccccc1/C(N)=N/O. The smallest absolute Gasteiger partial charge is 0.172 e. The fraction of sp³-hybridized carbons (Fsp3) is 0.333. The molecule has 1 aromatic carbocycles. The van der Waals surface area contributed by atoms with Crippen LogP contribution in [0, 0.1) is 6.92 Å². The Balaban J connectivity index is 2.30. The molecule has 0 saturated carbocycles. The molecule has 0 amide bonds. The molecule has 0 radical (unpaired) electrons. The van der Waals surface area contributed by atoms with Crippen LogP contribution in [0.5, 0.6) is 0 Å². The third-order valence-corrected chi connectivity index (χ3v) is 3.38. The molecule has 0 spiro atoms. The number of nitrogens with zero attached hydrogens (tertiary/aromatic N) is 4. The van der Waals surface area contributed by atoms with Gasteiger partial charge in [0, 0.05) is 24.8 Å². The number of aryl methyl sites for hydroxylation is 2. The second kappa shape index (κ2) is 6.30. The van der Waals surface area contributed by atoms with Gasteiger partial charge in [-0.25, -0.2) is 0 Å². The van der Waals surface area contributed by atoms with Crippen LogP contribution in [0.25, 0.3) is 0 Å². The summed E-state index contributed by atoms with van der Waals surface area (Å²) in [6.45, 7) is 5.59. The summed E-state index contributed by atoms with van der Waals surface area (Å²) in [5.41, 5.74) is 9.50. The number of oxime groups is 1. The zero-order valence-electron chi connectivity index (χ0n) is 12.6. The van der Waals surface area contributed by atoms with Crippen molar-refractivity contribution in [1.29, 1.82) is 0 Å². The van der Waals surface area contributed by atoms with Crippen molar-refractivity contribution >= 4 is 11.5 Å². The Morgan fingerprint density at radius 2 is 2.14 bits per heavy atom. The summed E-state index contributed by atoms with van der Waals surface area (Å²) in [7, 11) is 1.98. The van der Waals surface area contributed by atoms with Crippen LogP contribution in [0.4, 0.5) is 5.69 Å². The maximum absolute atomic E-state index is 8.90. The van der Waals surface area contributed by atoms with Crippen LogP contribution in [0.15, 0.2) is 35.5 Å². The van der Waals surface area contributed by atoms with Crippen LogP contribution < -0.4 is 10.6 Å². The van der Waals surface area contributed by atoms with Gasteiger partial charge in [-0.3, -0.25) is 4.68 Å². The number of hydrogen-bond acceptors (Lipinski definition) is 4. The quantitative estimate of drug-likeness (QED) is 0.381. The second-order valence-corrected chi connectivity index (χ2v) is 4.95. The van der Waals surface area contributed by atoms with E-state index in [1.54, 1.807) is 0 Å². The van der Waals surface area contributed by atoms with E-state index in [4.69, 9.17) is 10.9 Å². The van der Waals surface area contributed by atoms with Gasteiger partial charge in [0.1, 0.15) is 0 Å². The average Bonchev–Trinajstić information content (AvgIpc) is 2.86. The lowest BCUT2D eigenvalue weighted by atomic mass is 10.1. The van der Waals surface area contributed by atoms with Crippen molar-refractivity contribution in [3.63, 3.8) is 0 Å². The minimum atomic E-state index is 0.109. The van der Waals surface area contributed by atoms with Gasteiger partial charge in [0.05, 0.1) is 17.9 Å². The number of rotatable bonds is 5. The van der Waals surface area contributed by atoms with Crippen LogP contribution >= 0.6 is 0 Å². The average molecular weight is 287 g/mol. The van der Waals surface area contributed by atoms with E-state index in [1.165, 1.54) is 0 Å². The van der Waals surface area contributed by atoms with Crippen LogP contribution in [-0.4, -0.2) is 27.9 Å². The molecule has 6 heteroatoms. The monoisotopic (exact) mass is 287 g/mol. The highest BCUT2D eigenvalue weighted by Crippen LogP contribution is 2.21. The molecule has 0 bridgehead atoms. The molecule has 0 saturated heterocycles. The van der Waals surface area contributed by atoms with Crippen LogP contribution in [0.2, 0.25) is 0 Å². The summed E-state index contributed by atoms with van der Waals surface area (Å²) in [5.74, 6) is 0.109.